The van der Waals surface area contributed by atoms with E-state index < -0.39 is 0 Å². The quantitative estimate of drug-likeness (QED) is 0.361. The molecular weight excluding hydrogens is 403 g/mol. The third-order valence-electron chi connectivity index (χ3n) is 8.17. The molecule has 0 bridgehead atoms. The Morgan fingerprint density at radius 3 is 2.15 bits per heavy atom. The molecule has 2 aromatic carbocycles. The van der Waals surface area contributed by atoms with Crippen molar-refractivity contribution in [3.8, 4) is 0 Å². The lowest BCUT2D eigenvalue weighted by Crippen LogP contribution is -2.26. The van der Waals surface area contributed by atoms with Crippen molar-refractivity contribution < 1.29 is 4.39 Å². The third-order valence-corrected chi connectivity index (χ3v) is 8.17. The molecule has 1 atom stereocenters. The highest BCUT2D eigenvalue weighted by Crippen LogP contribution is 2.44. The first-order valence-electron chi connectivity index (χ1n) is 13.4. The van der Waals surface area contributed by atoms with Gasteiger partial charge in [0.25, 0.3) is 0 Å². The summed E-state index contributed by atoms with van der Waals surface area (Å²) in [5.74, 6) is 1.84. The smallest absolute Gasteiger partial charge is 0.109 e. The molecule has 0 nitrogen and oxygen atoms in total. The molecule has 4 rings (SSSR count). The second-order valence-corrected chi connectivity index (χ2v) is 10.5. The summed E-state index contributed by atoms with van der Waals surface area (Å²) in [6, 6.07) is 19.0. The Morgan fingerprint density at radius 1 is 0.818 bits per heavy atom. The van der Waals surface area contributed by atoms with Crippen LogP contribution in [0, 0.1) is 11.8 Å². The molecule has 1 saturated carbocycles. The number of hydrogen-bond donors (Lipinski definition) is 0. The Labute approximate surface area is 201 Å². The highest BCUT2D eigenvalue weighted by molar-refractivity contribution is 5.79. The summed E-state index contributed by atoms with van der Waals surface area (Å²) in [7, 11) is 0. The van der Waals surface area contributed by atoms with Crippen LogP contribution >= 0.6 is 0 Å². The summed E-state index contributed by atoms with van der Waals surface area (Å²) in [4.78, 5) is 0. The Bertz CT molecular complexity index is 945. The Kier molecular flexibility index (Phi) is 8.23. The van der Waals surface area contributed by atoms with Gasteiger partial charge in [0.2, 0.25) is 0 Å². The average molecular weight is 445 g/mol. The van der Waals surface area contributed by atoms with E-state index in [0.717, 1.165) is 42.2 Å². The van der Waals surface area contributed by atoms with Crippen LogP contribution in [0.25, 0.3) is 5.57 Å². The van der Waals surface area contributed by atoms with E-state index in [2.05, 4.69) is 74.5 Å². The zero-order valence-electron chi connectivity index (χ0n) is 20.7. The average Bonchev–Trinajstić information content (AvgIpc) is 2.85. The number of rotatable bonds is 9. The fourth-order valence-corrected chi connectivity index (χ4v) is 6.31. The lowest BCUT2D eigenvalue weighted by molar-refractivity contribution is 0.252. The number of aryl methyl sites for hydroxylation is 1. The molecule has 0 amide bonds. The van der Waals surface area contributed by atoms with Crippen LogP contribution in [0.15, 0.2) is 72.6 Å². The molecule has 0 saturated heterocycles. The van der Waals surface area contributed by atoms with Gasteiger partial charge in [-0.2, -0.15) is 0 Å². The largest absolute Gasteiger partial charge is 0.211 e. The molecule has 0 radical (unpaired) electrons. The molecule has 176 valence electrons. The van der Waals surface area contributed by atoms with Gasteiger partial charge in [-0.05, 0) is 47.8 Å². The minimum absolute atomic E-state index is 0.0438. The lowest BCUT2D eigenvalue weighted by atomic mass is 9.70. The van der Waals surface area contributed by atoms with Crippen molar-refractivity contribution in [2.24, 2.45) is 11.8 Å². The van der Waals surface area contributed by atoms with Crippen LogP contribution in [-0.2, 0) is 11.8 Å². The first kappa shape index (κ1) is 24.0. The maximum absolute atomic E-state index is 15.8. The highest BCUT2D eigenvalue weighted by Gasteiger charge is 2.34. The van der Waals surface area contributed by atoms with Crippen molar-refractivity contribution in [1.29, 1.82) is 0 Å². The first-order valence-corrected chi connectivity index (χ1v) is 13.4. The van der Waals surface area contributed by atoms with Gasteiger partial charge in [-0.15, -0.1) is 0 Å². The predicted octanol–water partition coefficient (Wildman–Crippen LogP) is 9.60. The van der Waals surface area contributed by atoms with E-state index in [1.54, 1.807) is 0 Å². The van der Waals surface area contributed by atoms with Crippen LogP contribution in [0.5, 0.6) is 0 Å². The van der Waals surface area contributed by atoms with E-state index in [4.69, 9.17) is 0 Å². The number of halogens is 1. The van der Waals surface area contributed by atoms with Gasteiger partial charge in [-0.3, -0.25) is 0 Å². The molecule has 2 aliphatic rings. The van der Waals surface area contributed by atoms with Gasteiger partial charge in [0, 0.05) is 17.4 Å². The molecule has 0 aliphatic heterocycles. The summed E-state index contributed by atoms with van der Waals surface area (Å²) < 4.78 is 15.8. The summed E-state index contributed by atoms with van der Waals surface area (Å²) in [6.45, 7) is 4.50. The normalized spacial score (nSPS) is 25.4. The molecule has 2 aliphatic carbocycles. The Morgan fingerprint density at radius 2 is 1.48 bits per heavy atom. The molecule has 0 aromatic heterocycles. The SMILES string of the molecule is CCCC1(c2ccccc2)C=CC(c2ccccc2CC[C@H]2CC[C@H](CCC)CC2)=C(F)C1. The van der Waals surface area contributed by atoms with Crippen molar-refractivity contribution in [2.45, 2.75) is 89.9 Å². The van der Waals surface area contributed by atoms with E-state index in [9.17, 15) is 0 Å². The summed E-state index contributed by atoms with van der Waals surface area (Å²) in [6.07, 6.45) is 17.4. The van der Waals surface area contributed by atoms with Gasteiger partial charge in [0.05, 0.1) is 0 Å². The fraction of sp³-hybridized carbons (Fsp3) is 0.500. The highest BCUT2D eigenvalue weighted by atomic mass is 19.1. The van der Waals surface area contributed by atoms with Gasteiger partial charge in [-0.1, -0.05) is 126 Å². The second-order valence-electron chi connectivity index (χ2n) is 10.5. The first-order chi connectivity index (χ1) is 16.1. The molecule has 1 unspecified atom stereocenters. The van der Waals surface area contributed by atoms with Gasteiger partial charge in [0.1, 0.15) is 5.83 Å². The number of hydrogen-bond acceptors (Lipinski definition) is 0. The Hall–Kier alpha value is -2.15. The maximum atomic E-state index is 15.8. The van der Waals surface area contributed by atoms with E-state index in [1.165, 1.54) is 56.1 Å². The molecule has 0 N–H and O–H groups in total. The van der Waals surface area contributed by atoms with Crippen LogP contribution < -0.4 is 0 Å². The molecule has 33 heavy (non-hydrogen) atoms. The van der Waals surface area contributed by atoms with E-state index >= 15 is 4.39 Å². The molecular formula is C32H41F. The zero-order valence-corrected chi connectivity index (χ0v) is 20.7. The van der Waals surface area contributed by atoms with Crippen LogP contribution in [-0.4, -0.2) is 0 Å². The minimum Gasteiger partial charge on any atom is -0.211 e. The molecule has 1 heteroatoms. The van der Waals surface area contributed by atoms with Gasteiger partial charge in [0.15, 0.2) is 0 Å². The van der Waals surface area contributed by atoms with E-state index in [-0.39, 0.29) is 11.2 Å². The predicted molar refractivity (Wildman–Crippen MR) is 140 cm³/mol. The van der Waals surface area contributed by atoms with Gasteiger partial charge >= 0.3 is 0 Å². The summed E-state index contributed by atoms with van der Waals surface area (Å²) >= 11 is 0. The topological polar surface area (TPSA) is 0 Å². The van der Waals surface area contributed by atoms with Gasteiger partial charge < -0.3 is 0 Å². The monoisotopic (exact) mass is 444 g/mol. The summed E-state index contributed by atoms with van der Waals surface area (Å²) in [5.41, 5.74) is 4.22. The molecule has 2 aromatic rings. The Balaban J connectivity index is 1.49. The molecule has 1 fully saturated rings. The van der Waals surface area contributed by atoms with Crippen LogP contribution in [0.3, 0.4) is 0 Å². The molecule has 0 spiro atoms. The second kappa shape index (κ2) is 11.3. The van der Waals surface area contributed by atoms with Crippen molar-refractivity contribution in [1.82, 2.24) is 0 Å². The number of benzene rings is 2. The van der Waals surface area contributed by atoms with Crippen molar-refractivity contribution in [3.05, 3.63) is 89.3 Å². The molecule has 0 heterocycles. The van der Waals surface area contributed by atoms with Crippen molar-refractivity contribution in [2.75, 3.05) is 0 Å². The van der Waals surface area contributed by atoms with Crippen molar-refractivity contribution >= 4 is 5.57 Å². The van der Waals surface area contributed by atoms with E-state index in [0.29, 0.717) is 6.42 Å². The van der Waals surface area contributed by atoms with E-state index in [1.807, 2.05) is 6.07 Å². The van der Waals surface area contributed by atoms with Crippen molar-refractivity contribution in [3.63, 3.8) is 0 Å². The number of allylic oxidation sites excluding steroid dienone is 4. The zero-order chi connectivity index (χ0) is 23.1. The maximum Gasteiger partial charge on any atom is 0.109 e. The van der Waals surface area contributed by atoms with Crippen LogP contribution in [0.4, 0.5) is 4.39 Å². The summed E-state index contributed by atoms with van der Waals surface area (Å²) in [5, 5.41) is 0. The fourth-order valence-electron chi connectivity index (χ4n) is 6.31. The standard InChI is InChI=1S/C32H41F/c1-3-10-25-15-17-26(18-16-25)19-20-27-11-8-9-14-29(27)30-21-23-32(22-4-2,24-31(30)33)28-12-6-5-7-13-28/h5-9,11-14,21,23,25-26H,3-4,10,15-20,22,24H2,1-2H3/t25-,26-,32?. The van der Waals surface area contributed by atoms with Crippen LogP contribution in [0.2, 0.25) is 0 Å². The third kappa shape index (κ3) is 5.68. The van der Waals surface area contributed by atoms with Gasteiger partial charge in [-0.25, -0.2) is 4.39 Å². The van der Waals surface area contributed by atoms with Crippen LogP contribution in [0.1, 0.15) is 94.7 Å². The minimum atomic E-state index is -0.227. The lowest BCUT2D eigenvalue weighted by Gasteiger charge is -2.34.